The van der Waals surface area contributed by atoms with E-state index < -0.39 is 0 Å². The molecule has 0 heterocycles. The van der Waals surface area contributed by atoms with E-state index in [0.717, 1.165) is 11.4 Å². The average Bonchev–Trinajstić information content (AvgIpc) is 2.66. The maximum absolute atomic E-state index is 5.55. The molecule has 0 aliphatic heterocycles. The number of nitrogens with one attached hydrogen (secondary N) is 2. The van der Waals surface area contributed by atoms with Crippen LogP contribution >= 0.6 is 24.0 Å². The normalized spacial score (nSPS) is 10.6. The summed E-state index contributed by atoms with van der Waals surface area (Å²) >= 11 is 0. The van der Waals surface area contributed by atoms with Crippen molar-refractivity contribution in [3.8, 4) is 11.5 Å². The molecule has 0 saturated carbocycles. The van der Waals surface area contributed by atoms with Crippen LogP contribution in [0, 0.1) is 0 Å². The van der Waals surface area contributed by atoms with E-state index in [-0.39, 0.29) is 24.0 Å². The molecule has 0 spiro atoms. The predicted octanol–water partition coefficient (Wildman–Crippen LogP) is 3.97. The number of rotatable bonds is 7. The Morgan fingerprint density at radius 3 is 2.52 bits per heavy atom. The second-order valence-electron chi connectivity index (χ2n) is 5.91. The molecule has 0 aliphatic carbocycles. The Balaban J connectivity index is 0.00000364. The van der Waals surface area contributed by atoms with Crippen molar-refractivity contribution in [2.45, 2.75) is 13.5 Å². The Bertz CT molecular complexity index is 751. The fourth-order valence-corrected chi connectivity index (χ4v) is 2.47. The monoisotopic (exact) mass is 484 g/mol. The summed E-state index contributed by atoms with van der Waals surface area (Å²) in [5.74, 6) is 2.10. The molecular formula is C20H29IN4O2. The number of guanidine groups is 1. The molecule has 0 fully saturated rings. The van der Waals surface area contributed by atoms with Crippen LogP contribution in [0.25, 0.3) is 0 Å². The van der Waals surface area contributed by atoms with Crippen LogP contribution in [-0.2, 0) is 6.54 Å². The van der Waals surface area contributed by atoms with Gasteiger partial charge in [-0.1, -0.05) is 12.1 Å². The quantitative estimate of drug-likeness (QED) is 0.354. The van der Waals surface area contributed by atoms with Crippen molar-refractivity contribution in [2.75, 3.05) is 45.1 Å². The molecule has 0 amide bonds. The van der Waals surface area contributed by atoms with E-state index in [9.17, 15) is 0 Å². The molecule has 2 rings (SSSR count). The van der Waals surface area contributed by atoms with Gasteiger partial charge in [-0.05, 0) is 36.8 Å². The molecular weight excluding hydrogens is 455 g/mol. The first-order chi connectivity index (χ1) is 12.6. The van der Waals surface area contributed by atoms with Gasteiger partial charge in [0.25, 0.3) is 0 Å². The van der Waals surface area contributed by atoms with E-state index in [1.165, 1.54) is 11.3 Å². The van der Waals surface area contributed by atoms with E-state index in [1.54, 1.807) is 14.2 Å². The fraction of sp³-hybridized carbons (Fsp3) is 0.350. The molecule has 0 aromatic heterocycles. The number of nitrogens with zero attached hydrogens (tertiary/aromatic N) is 2. The van der Waals surface area contributed by atoms with Crippen LogP contribution in [0.1, 0.15) is 12.5 Å². The summed E-state index contributed by atoms with van der Waals surface area (Å²) in [6, 6.07) is 14.1. The fourth-order valence-electron chi connectivity index (χ4n) is 2.47. The SMILES string of the molecule is CCOc1ccc(NC(=NC)NCc2cccc(N(C)C)c2)cc1OC.I. The maximum atomic E-state index is 5.55. The van der Waals surface area contributed by atoms with E-state index in [0.29, 0.717) is 24.9 Å². The van der Waals surface area contributed by atoms with Crippen molar-refractivity contribution >= 4 is 41.3 Å². The lowest BCUT2D eigenvalue weighted by atomic mass is 10.2. The highest BCUT2D eigenvalue weighted by Crippen LogP contribution is 2.30. The van der Waals surface area contributed by atoms with Gasteiger partial charge in [-0.2, -0.15) is 0 Å². The van der Waals surface area contributed by atoms with Crippen LogP contribution in [-0.4, -0.2) is 40.8 Å². The van der Waals surface area contributed by atoms with E-state index in [2.05, 4.69) is 44.8 Å². The Morgan fingerprint density at radius 1 is 1.11 bits per heavy atom. The van der Waals surface area contributed by atoms with Gasteiger partial charge in [-0.25, -0.2) is 0 Å². The molecule has 6 nitrogen and oxygen atoms in total. The van der Waals surface area contributed by atoms with Crippen LogP contribution in [0.3, 0.4) is 0 Å². The first kappa shape index (κ1) is 22.9. The molecule has 0 saturated heterocycles. The van der Waals surface area contributed by atoms with Crippen LogP contribution in [0.2, 0.25) is 0 Å². The third-order valence-electron chi connectivity index (χ3n) is 3.84. The number of hydrogen-bond donors (Lipinski definition) is 2. The molecule has 0 atom stereocenters. The van der Waals surface area contributed by atoms with E-state index in [1.807, 2.05) is 39.2 Å². The average molecular weight is 484 g/mol. The Hall–Kier alpha value is -2.16. The molecule has 0 radical (unpaired) electrons. The lowest BCUT2D eigenvalue weighted by molar-refractivity contribution is 0.311. The molecule has 27 heavy (non-hydrogen) atoms. The molecule has 7 heteroatoms. The largest absolute Gasteiger partial charge is 0.493 e. The Morgan fingerprint density at radius 2 is 1.89 bits per heavy atom. The van der Waals surface area contributed by atoms with Crippen molar-refractivity contribution in [1.29, 1.82) is 0 Å². The zero-order valence-corrected chi connectivity index (χ0v) is 18.9. The van der Waals surface area contributed by atoms with Crippen molar-refractivity contribution in [3.63, 3.8) is 0 Å². The standard InChI is InChI=1S/C20H28N4O2.HI/c1-6-26-18-11-10-16(13-19(18)25-5)23-20(21-2)22-14-15-8-7-9-17(12-15)24(3)4;/h7-13H,6,14H2,1-5H3,(H2,21,22,23);1H. The van der Waals surface area contributed by atoms with Crippen molar-refractivity contribution in [2.24, 2.45) is 4.99 Å². The number of benzene rings is 2. The first-order valence-corrected chi connectivity index (χ1v) is 8.62. The maximum Gasteiger partial charge on any atom is 0.195 e. The van der Waals surface area contributed by atoms with Gasteiger partial charge < -0.3 is 25.0 Å². The third-order valence-corrected chi connectivity index (χ3v) is 3.84. The lowest BCUT2D eigenvalue weighted by Crippen LogP contribution is -2.30. The zero-order chi connectivity index (χ0) is 18.9. The third kappa shape index (κ3) is 6.82. The van der Waals surface area contributed by atoms with Gasteiger partial charge in [-0.15, -0.1) is 24.0 Å². The summed E-state index contributed by atoms with van der Waals surface area (Å²) < 4.78 is 10.9. The minimum Gasteiger partial charge on any atom is -0.493 e. The molecule has 0 aliphatic rings. The lowest BCUT2D eigenvalue weighted by Gasteiger charge is -2.16. The number of aliphatic imine (C=N–C) groups is 1. The number of ether oxygens (including phenoxy) is 2. The number of methoxy groups -OCH3 is 1. The minimum absolute atomic E-state index is 0. The highest BCUT2D eigenvalue weighted by molar-refractivity contribution is 14.0. The smallest absolute Gasteiger partial charge is 0.195 e. The molecule has 2 N–H and O–H groups in total. The summed E-state index contributed by atoms with van der Waals surface area (Å²) in [6.45, 7) is 3.22. The Kier molecular flexibility index (Phi) is 9.77. The van der Waals surface area contributed by atoms with Crippen molar-refractivity contribution in [1.82, 2.24) is 5.32 Å². The van der Waals surface area contributed by atoms with Crippen molar-refractivity contribution < 1.29 is 9.47 Å². The topological polar surface area (TPSA) is 58.1 Å². The van der Waals surface area contributed by atoms with Gasteiger partial charge >= 0.3 is 0 Å². The van der Waals surface area contributed by atoms with Gasteiger partial charge in [0, 0.05) is 45.1 Å². The van der Waals surface area contributed by atoms with Crippen LogP contribution in [0.15, 0.2) is 47.5 Å². The molecule has 2 aromatic rings. The predicted molar refractivity (Wildman–Crippen MR) is 124 cm³/mol. The second-order valence-corrected chi connectivity index (χ2v) is 5.91. The molecule has 0 unspecified atom stereocenters. The van der Waals surface area contributed by atoms with Crippen LogP contribution < -0.4 is 25.0 Å². The summed E-state index contributed by atoms with van der Waals surface area (Å²) in [4.78, 5) is 6.37. The van der Waals surface area contributed by atoms with Gasteiger partial charge in [0.2, 0.25) is 0 Å². The van der Waals surface area contributed by atoms with Gasteiger partial charge in [0.15, 0.2) is 17.5 Å². The summed E-state index contributed by atoms with van der Waals surface area (Å²) in [5.41, 5.74) is 3.23. The zero-order valence-electron chi connectivity index (χ0n) is 16.6. The van der Waals surface area contributed by atoms with Gasteiger partial charge in [0.1, 0.15) is 0 Å². The van der Waals surface area contributed by atoms with Gasteiger partial charge in [-0.3, -0.25) is 4.99 Å². The number of hydrogen-bond acceptors (Lipinski definition) is 4. The highest BCUT2D eigenvalue weighted by atomic mass is 127. The summed E-state index contributed by atoms with van der Waals surface area (Å²) in [5, 5.41) is 6.60. The molecule has 2 aromatic carbocycles. The number of halogens is 1. The molecule has 0 bridgehead atoms. The summed E-state index contributed by atoms with van der Waals surface area (Å²) in [7, 11) is 7.45. The van der Waals surface area contributed by atoms with Gasteiger partial charge in [0.05, 0.1) is 13.7 Å². The van der Waals surface area contributed by atoms with E-state index >= 15 is 0 Å². The highest BCUT2D eigenvalue weighted by Gasteiger charge is 2.07. The van der Waals surface area contributed by atoms with Crippen LogP contribution in [0.4, 0.5) is 11.4 Å². The first-order valence-electron chi connectivity index (χ1n) is 8.62. The number of anilines is 2. The van der Waals surface area contributed by atoms with Crippen molar-refractivity contribution in [3.05, 3.63) is 48.0 Å². The second kappa shape index (κ2) is 11.5. The van der Waals surface area contributed by atoms with E-state index in [4.69, 9.17) is 9.47 Å². The minimum atomic E-state index is 0. The summed E-state index contributed by atoms with van der Waals surface area (Å²) in [6.07, 6.45) is 0. The Labute approximate surface area is 179 Å². The molecule has 148 valence electrons. The van der Waals surface area contributed by atoms with Crippen LogP contribution in [0.5, 0.6) is 11.5 Å².